The van der Waals surface area contributed by atoms with E-state index in [0.29, 0.717) is 31.6 Å². The van der Waals surface area contributed by atoms with Crippen molar-refractivity contribution in [1.82, 2.24) is 14.9 Å². The smallest absolute Gasteiger partial charge is 0.407 e. The van der Waals surface area contributed by atoms with Gasteiger partial charge in [0.15, 0.2) is 0 Å². The number of anilines is 1. The lowest BCUT2D eigenvalue weighted by Gasteiger charge is -2.32. The fourth-order valence-electron chi connectivity index (χ4n) is 4.18. The Labute approximate surface area is 221 Å². The van der Waals surface area contributed by atoms with Gasteiger partial charge in [0.1, 0.15) is 11.9 Å². The van der Waals surface area contributed by atoms with Gasteiger partial charge in [-0.15, -0.1) is 0 Å². The van der Waals surface area contributed by atoms with E-state index in [1.54, 1.807) is 20.8 Å². The summed E-state index contributed by atoms with van der Waals surface area (Å²) in [6.45, 7) is 5.85. The second kappa shape index (κ2) is 11.9. The Morgan fingerprint density at radius 1 is 1.03 bits per heavy atom. The van der Waals surface area contributed by atoms with Crippen LogP contribution in [-0.4, -0.2) is 61.0 Å². The van der Waals surface area contributed by atoms with Crippen LogP contribution in [0.1, 0.15) is 50.4 Å². The molecule has 1 atom stereocenters. The highest BCUT2D eigenvalue weighted by atomic mass is 32.2. The number of nitrogens with one attached hydrogen (secondary N) is 3. The number of hydrogen-bond acceptors (Lipinski definition) is 5. The van der Waals surface area contributed by atoms with Crippen LogP contribution in [-0.2, 0) is 14.8 Å². The molecule has 1 aliphatic rings. The third-order valence-electron chi connectivity index (χ3n) is 6.06. The number of carbonyl (C=O) groups is 3. The molecule has 3 rings (SSSR count). The van der Waals surface area contributed by atoms with E-state index < -0.39 is 45.3 Å². The fourth-order valence-corrected chi connectivity index (χ4v) is 5.59. The highest BCUT2D eigenvalue weighted by Gasteiger charge is 2.29. The van der Waals surface area contributed by atoms with Gasteiger partial charge in [-0.1, -0.05) is 0 Å². The number of rotatable bonds is 8. The molecule has 1 fully saturated rings. The highest BCUT2D eigenvalue weighted by molar-refractivity contribution is 7.89. The maximum absolute atomic E-state index is 13.3. The van der Waals surface area contributed by atoms with E-state index in [-0.39, 0.29) is 22.8 Å². The molecule has 0 unspecified atom stereocenters. The van der Waals surface area contributed by atoms with Crippen molar-refractivity contribution in [1.29, 1.82) is 0 Å². The molecule has 1 heterocycles. The van der Waals surface area contributed by atoms with Crippen molar-refractivity contribution in [2.24, 2.45) is 5.92 Å². The molecule has 12 heteroatoms. The van der Waals surface area contributed by atoms with E-state index in [1.165, 1.54) is 41.3 Å². The van der Waals surface area contributed by atoms with E-state index in [2.05, 4.69) is 15.4 Å². The number of sulfonamides is 1. The Bertz CT molecular complexity index is 1250. The number of amides is 3. The average Bonchev–Trinajstić information content (AvgIpc) is 2.83. The third-order valence-corrected chi connectivity index (χ3v) is 7.83. The lowest BCUT2D eigenvalue weighted by Crippen LogP contribution is -2.46. The minimum absolute atomic E-state index is 0.00846. The standard InChI is InChI=1S/C26H33FN4O6S/c1-26(2,3)30-38(36,37)21-10-8-20(9-11-21)28-24(33)22(16-17-12-14-31(15-13-17)25(34)35)29-23(32)18-4-6-19(27)7-5-18/h4-11,17,22,30H,12-16H2,1-3H3,(H,28,33)(H,29,32)(H,34,35)/t22-/m0/s1. The number of nitrogens with zero attached hydrogens (tertiary/aromatic N) is 1. The Morgan fingerprint density at radius 2 is 1.61 bits per heavy atom. The van der Waals surface area contributed by atoms with Gasteiger partial charge >= 0.3 is 6.09 Å². The van der Waals surface area contributed by atoms with E-state index >= 15 is 0 Å². The van der Waals surface area contributed by atoms with Gasteiger partial charge in [0.05, 0.1) is 4.90 Å². The molecule has 0 saturated carbocycles. The Balaban J connectivity index is 1.73. The van der Waals surface area contributed by atoms with Crippen molar-refractivity contribution in [3.63, 3.8) is 0 Å². The number of carbonyl (C=O) groups excluding carboxylic acids is 2. The van der Waals surface area contributed by atoms with E-state index in [4.69, 9.17) is 0 Å². The monoisotopic (exact) mass is 548 g/mol. The van der Waals surface area contributed by atoms with Gasteiger partial charge in [-0.3, -0.25) is 9.59 Å². The molecule has 2 aromatic carbocycles. The van der Waals surface area contributed by atoms with Gasteiger partial charge in [-0.05, 0) is 94.5 Å². The van der Waals surface area contributed by atoms with E-state index in [0.717, 1.165) is 12.1 Å². The fraction of sp³-hybridized carbons (Fsp3) is 0.423. The summed E-state index contributed by atoms with van der Waals surface area (Å²) < 4.78 is 40.9. The molecule has 1 saturated heterocycles. The molecule has 4 N–H and O–H groups in total. The molecule has 2 aromatic rings. The molecule has 206 valence electrons. The Hall–Kier alpha value is -3.51. The topological polar surface area (TPSA) is 145 Å². The molecule has 3 amide bonds. The van der Waals surface area contributed by atoms with Crippen molar-refractivity contribution < 1.29 is 32.3 Å². The second-order valence-corrected chi connectivity index (χ2v) is 12.0. The number of halogens is 1. The van der Waals surface area contributed by atoms with Gasteiger partial charge in [0.25, 0.3) is 5.91 Å². The van der Waals surface area contributed by atoms with Gasteiger partial charge in [-0.2, -0.15) is 0 Å². The Kier molecular flexibility index (Phi) is 9.10. The molecule has 0 aliphatic carbocycles. The zero-order valence-corrected chi connectivity index (χ0v) is 22.3. The summed E-state index contributed by atoms with van der Waals surface area (Å²) in [6.07, 6.45) is 0.352. The minimum Gasteiger partial charge on any atom is -0.465 e. The van der Waals surface area contributed by atoms with Crippen LogP contribution in [0.3, 0.4) is 0 Å². The second-order valence-electron chi connectivity index (χ2n) is 10.4. The molecule has 38 heavy (non-hydrogen) atoms. The zero-order valence-electron chi connectivity index (χ0n) is 21.5. The lowest BCUT2D eigenvalue weighted by atomic mass is 9.89. The van der Waals surface area contributed by atoms with Crippen LogP contribution in [0.25, 0.3) is 0 Å². The molecule has 0 spiro atoms. The molecular formula is C26H33FN4O6S. The maximum Gasteiger partial charge on any atom is 0.407 e. The van der Waals surface area contributed by atoms with Crippen LogP contribution in [0.4, 0.5) is 14.9 Å². The summed E-state index contributed by atoms with van der Waals surface area (Å²) in [7, 11) is -3.75. The van der Waals surface area contributed by atoms with Crippen LogP contribution in [0, 0.1) is 11.7 Å². The van der Waals surface area contributed by atoms with Crippen LogP contribution >= 0.6 is 0 Å². The summed E-state index contributed by atoms with van der Waals surface area (Å²) in [5.74, 6) is -1.57. The van der Waals surface area contributed by atoms with Crippen molar-refractivity contribution in [3.8, 4) is 0 Å². The van der Waals surface area contributed by atoms with E-state index in [9.17, 15) is 32.3 Å². The Morgan fingerprint density at radius 3 is 2.13 bits per heavy atom. The van der Waals surface area contributed by atoms with Crippen molar-refractivity contribution in [2.75, 3.05) is 18.4 Å². The first kappa shape index (κ1) is 29.1. The van der Waals surface area contributed by atoms with Crippen LogP contribution in [0.15, 0.2) is 53.4 Å². The molecular weight excluding hydrogens is 515 g/mol. The summed E-state index contributed by atoms with van der Waals surface area (Å²) in [4.78, 5) is 38.6. The first-order valence-electron chi connectivity index (χ1n) is 12.2. The number of benzene rings is 2. The number of hydrogen-bond donors (Lipinski definition) is 4. The van der Waals surface area contributed by atoms with Gasteiger partial charge in [-0.25, -0.2) is 22.3 Å². The number of likely N-dealkylation sites (tertiary alicyclic amines) is 1. The van der Waals surface area contributed by atoms with Crippen LogP contribution in [0.5, 0.6) is 0 Å². The summed E-state index contributed by atoms with van der Waals surface area (Å²) in [5, 5.41) is 14.6. The normalized spacial score (nSPS) is 15.5. The van der Waals surface area contributed by atoms with Crippen molar-refractivity contribution >= 4 is 33.6 Å². The lowest BCUT2D eigenvalue weighted by molar-refractivity contribution is -0.118. The quantitative estimate of drug-likeness (QED) is 0.398. The molecule has 1 aliphatic heterocycles. The predicted molar refractivity (Wildman–Crippen MR) is 140 cm³/mol. The first-order chi connectivity index (χ1) is 17.7. The van der Waals surface area contributed by atoms with Gasteiger partial charge in [0.2, 0.25) is 15.9 Å². The van der Waals surface area contributed by atoms with Gasteiger partial charge in [0, 0.05) is 29.9 Å². The van der Waals surface area contributed by atoms with Gasteiger partial charge < -0.3 is 20.6 Å². The summed E-state index contributed by atoms with van der Waals surface area (Å²) in [5.41, 5.74) is -0.139. The SMILES string of the molecule is CC(C)(C)NS(=O)(=O)c1ccc(NC(=O)[C@H](CC2CCN(C(=O)O)CC2)NC(=O)c2ccc(F)cc2)cc1. The molecule has 0 bridgehead atoms. The first-order valence-corrected chi connectivity index (χ1v) is 13.7. The summed E-state index contributed by atoms with van der Waals surface area (Å²) >= 11 is 0. The molecule has 0 radical (unpaired) electrons. The molecule has 0 aromatic heterocycles. The number of piperidine rings is 1. The predicted octanol–water partition coefficient (Wildman–Crippen LogP) is 3.42. The molecule has 10 nitrogen and oxygen atoms in total. The minimum atomic E-state index is -3.75. The van der Waals surface area contributed by atoms with Crippen LogP contribution < -0.4 is 15.4 Å². The number of carboxylic acid groups (broad SMARTS) is 1. The van der Waals surface area contributed by atoms with Crippen LogP contribution in [0.2, 0.25) is 0 Å². The largest absolute Gasteiger partial charge is 0.465 e. The maximum atomic E-state index is 13.3. The zero-order chi connectivity index (χ0) is 28.1. The third kappa shape index (κ3) is 8.25. The van der Waals surface area contributed by atoms with E-state index in [1.807, 2.05) is 0 Å². The average molecular weight is 549 g/mol. The summed E-state index contributed by atoms with van der Waals surface area (Å²) in [6, 6.07) is 9.63. The highest BCUT2D eigenvalue weighted by Crippen LogP contribution is 2.23. The van der Waals surface area contributed by atoms with Crippen molar-refractivity contribution in [2.45, 2.75) is 56.5 Å². The van der Waals surface area contributed by atoms with Crippen molar-refractivity contribution in [3.05, 3.63) is 59.9 Å².